The molecular formula is C29H34ClN3O6S2. The third-order valence-corrected chi connectivity index (χ3v) is 11.0. The molecule has 9 nitrogen and oxygen atoms in total. The number of hydrogen-bond donors (Lipinski definition) is 1. The van der Waals surface area contributed by atoms with Gasteiger partial charge in [0, 0.05) is 18.1 Å². The Morgan fingerprint density at radius 3 is 2.20 bits per heavy atom. The Balaban J connectivity index is 1.38. The fourth-order valence-corrected chi connectivity index (χ4v) is 7.68. The summed E-state index contributed by atoms with van der Waals surface area (Å²) in [6, 6.07) is 17.5. The van der Waals surface area contributed by atoms with Crippen molar-refractivity contribution in [3.63, 3.8) is 0 Å². The number of amides is 1. The molecule has 0 spiro atoms. The third kappa shape index (κ3) is 7.40. The number of anilines is 1. The normalized spacial score (nSPS) is 14.4. The zero-order chi connectivity index (χ0) is 29.6. The van der Waals surface area contributed by atoms with Gasteiger partial charge in [0.25, 0.3) is 10.0 Å². The van der Waals surface area contributed by atoms with E-state index < -0.39 is 32.5 Å². The minimum absolute atomic E-state index is 0.0596. The van der Waals surface area contributed by atoms with Crippen molar-refractivity contribution in [3.8, 4) is 5.75 Å². The van der Waals surface area contributed by atoms with Crippen molar-refractivity contribution >= 4 is 43.2 Å². The predicted molar refractivity (Wildman–Crippen MR) is 159 cm³/mol. The van der Waals surface area contributed by atoms with Crippen LogP contribution in [-0.4, -0.2) is 59.8 Å². The van der Waals surface area contributed by atoms with E-state index in [0.717, 1.165) is 29.1 Å². The van der Waals surface area contributed by atoms with Crippen LogP contribution in [0.5, 0.6) is 5.75 Å². The van der Waals surface area contributed by atoms with E-state index in [1.165, 1.54) is 28.6 Å². The second kappa shape index (κ2) is 13.2. The fraction of sp³-hybridized carbons (Fsp3) is 0.345. The molecule has 3 aromatic rings. The van der Waals surface area contributed by atoms with Crippen molar-refractivity contribution in [3.05, 3.63) is 82.9 Å². The van der Waals surface area contributed by atoms with Crippen LogP contribution in [0.2, 0.25) is 5.02 Å². The van der Waals surface area contributed by atoms with Gasteiger partial charge in [-0.2, -0.15) is 4.31 Å². The van der Waals surface area contributed by atoms with Crippen molar-refractivity contribution < 1.29 is 26.4 Å². The fourth-order valence-electron chi connectivity index (χ4n) is 4.51. The van der Waals surface area contributed by atoms with Gasteiger partial charge < -0.3 is 10.1 Å². The van der Waals surface area contributed by atoms with Gasteiger partial charge in [0.1, 0.15) is 18.9 Å². The summed E-state index contributed by atoms with van der Waals surface area (Å²) in [5.74, 6) is -0.0680. The number of carbonyl (C=O) groups excluding carboxylic acids is 1. The molecule has 1 aliphatic heterocycles. The molecule has 0 saturated carbocycles. The maximum Gasteiger partial charge on any atom is 0.264 e. The van der Waals surface area contributed by atoms with Crippen LogP contribution in [0.15, 0.2) is 76.5 Å². The molecule has 12 heteroatoms. The Labute approximate surface area is 247 Å². The van der Waals surface area contributed by atoms with Crippen LogP contribution < -0.4 is 14.4 Å². The minimum Gasteiger partial charge on any atom is -0.492 e. The Hall–Kier alpha value is -3.12. The van der Waals surface area contributed by atoms with E-state index >= 15 is 0 Å². The number of nitrogens with zero attached hydrogens (tertiary/aromatic N) is 2. The molecular weight excluding hydrogens is 586 g/mol. The molecule has 1 aliphatic rings. The summed E-state index contributed by atoms with van der Waals surface area (Å²) in [6.45, 7) is 4.37. The van der Waals surface area contributed by atoms with Crippen LogP contribution >= 0.6 is 11.6 Å². The highest BCUT2D eigenvalue weighted by molar-refractivity contribution is 7.92. The largest absolute Gasteiger partial charge is 0.492 e. The van der Waals surface area contributed by atoms with Crippen LogP contribution in [0.3, 0.4) is 0 Å². The Morgan fingerprint density at radius 1 is 0.902 bits per heavy atom. The molecule has 0 aliphatic carbocycles. The lowest BCUT2D eigenvalue weighted by atomic mass is 10.2. The SMILES string of the molecule is Cc1ccc(S(=O)(=O)N(CC(=O)NCCOc2ccc(S(=O)(=O)N3CCCCC3)cc2)c2cccc(Cl)c2C)cc1. The van der Waals surface area contributed by atoms with Crippen molar-refractivity contribution in [1.82, 2.24) is 9.62 Å². The number of carbonyl (C=O) groups is 1. The lowest BCUT2D eigenvalue weighted by Gasteiger charge is -2.26. The minimum atomic E-state index is -4.07. The molecule has 1 N–H and O–H groups in total. The number of sulfonamides is 2. The number of rotatable bonds is 11. The number of ether oxygens (including phenoxy) is 1. The van der Waals surface area contributed by atoms with Crippen molar-refractivity contribution in [2.24, 2.45) is 0 Å². The molecule has 4 rings (SSSR count). The molecule has 1 amide bonds. The highest BCUT2D eigenvalue weighted by Crippen LogP contribution is 2.31. The zero-order valence-corrected chi connectivity index (χ0v) is 25.4. The second-order valence-electron chi connectivity index (χ2n) is 9.84. The van der Waals surface area contributed by atoms with Gasteiger partial charge in [0.15, 0.2) is 0 Å². The molecule has 1 saturated heterocycles. The number of nitrogens with one attached hydrogen (secondary N) is 1. The van der Waals surface area contributed by atoms with Gasteiger partial charge in [-0.25, -0.2) is 16.8 Å². The van der Waals surface area contributed by atoms with Crippen LogP contribution in [0.4, 0.5) is 5.69 Å². The van der Waals surface area contributed by atoms with E-state index in [1.54, 1.807) is 49.4 Å². The highest BCUT2D eigenvalue weighted by Gasteiger charge is 2.29. The third-order valence-electron chi connectivity index (χ3n) is 6.87. The highest BCUT2D eigenvalue weighted by atomic mass is 35.5. The first-order valence-corrected chi connectivity index (χ1v) is 16.6. The number of halogens is 1. The second-order valence-corrected chi connectivity index (χ2v) is 14.1. The van der Waals surface area contributed by atoms with Crippen LogP contribution in [0, 0.1) is 13.8 Å². The number of piperidine rings is 1. The first kappa shape index (κ1) is 30.8. The van der Waals surface area contributed by atoms with Crippen molar-refractivity contribution in [2.75, 3.05) is 37.1 Å². The van der Waals surface area contributed by atoms with Gasteiger partial charge in [0.2, 0.25) is 15.9 Å². The summed E-state index contributed by atoms with van der Waals surface area (Å²) < 4.78 is 61.1. The van der Waals surface area contributed by atoms with E-state index in [9.17, 15) is 21.6 Å². The van der Waals surface area contributed by atoms with Gasteiger partial charge in [0.05, 0.1) is 22.0 Å². The number of aryl methyl sites for hydroxylation is 1. The average molecular weight is 620 g/mol. The van der Waals surface area contributed by atoms with Gasteiger partial charge in [-0.15, -0.1) is 0 Å². The summed E-state index contributed by atoms with van der Waals surface area (Å²) in [6.07, 6.45) is 2.76. The summed E-state index contributed by atoms with van der Waals surface area (Å²) in [7, 11) is -7.60. The van der Waals surface area contributed by atoms with Crippen LogP contribution in [-0.2, 0) is 24.8 Å². The monoisotopic (exact) mass is 619 g/mol. The van der Waals surface area contributed by atoms with Gasteiger partial charge in [-0.3, -0.25) is 9.10 Å². The molecule has 0 bridgehead atoms. The van der Waals surface area contributed by atoms with Gasteiger partial charge >= 0.3 is 0 Å². The lowest BCUT2D eigenvalue weighted by Crippen LogP contribution is -2.42. The first-order chi connectivity index (χ1) is 19.5. The van der Waals surface area contributed by atoms with E-state index in [1.807, 2.05) is 6.92 Å². The molecule has 1 fully saturated rings. The molecule has 0 unspecified atom stereocenters. The van der Waals surface area contributed by atoms with Gasteiger partial charge in [-0.05, 0) is 80.8 Å². The molecule has 41 heavy (non-hydrogen) atoms. The molecule has 220 valence electrons. The van der Waals surface area contributed by atoms with Gasteiger partial charge in [-0.1, -0.05) is 41.8 Å². The summed E-state index contributed by atoms with van der Waals surface area (Å²) in [5.41, 5.74) is 1.75. The molecule has 3 aromatic carbocycles. The Morgan fingerprint density at radius 2 is 1.54 bits per heavy atom. The van der Waals surface area contributed by atoms with E-state index in [0.29, 0.717) is 35.1 Å². The Bertz CT molecular complexity index is 1570. The molecule has 1 heterocycles. The topological polar surface area (TPSA) is 113 Å². The summed E-state index contributed by atoms with van der Waals surface area (Å²) in [5, 5.41) is 3.08. The smallest absolute Gasteiger partial charge is 0.264 e. The van der Waals surface area contributed by atoms with E-state index in [-0.39, 0.29) is 22.9 Å². The van der Waals surface area contributed by atoms with Crippen molar-refractivity contribution in [1.29, 1.82) is 0 Å². The standard InChI is InChI=1S/C29H34ClN3O6S2/c1-22-9-13-26(14-10-22)41(37,38)33(28-8-6-7-27(30)23(28)2)21-29(34)31-17-20-39-24-11-15-25(16-12-24)40(35,36)32-18-4-3-5-19-32/h6-16H,3-5,17-21H2,1-2H3,(H,31,34). The average Bonchev–Trinajstić information content (AvgIpc) is 2.96. The summed E-state index contributed by atoms with van der Waals surface area (Å²) >= 11 is 6.27. The van der Waals surface area contributed by atoms with Crippen LogP contribution in [0.25, 0.3) is 0 Å². The summed E-state index contributed by atoms with van der Waals surface area (Å²) in [4.78, 5) is 13.2. The quantitative estimate of drug-likeness (QED) is 0.316. The Kier molecular flexibility index (Phi) is 9.96. The van der Waals surface area contributed by atoms with Crippen LogP contribution in [0.1, 0.15) is 30.4 Å². The number of benzene rings is 3. The van der Waals surface area contributed by atoms with E-state index in [2.05, 4.69) is 5.32 Å². The lowest BCUT2D eigenvalue weighted by molar-refractivity contribution is -0.119. The van der Waals surface area contributed by atoms with E-state index in [4.69, 9.17) is 16.3 Å². The maximum absolute atomic E-state index is 13.6. The number of hydrogen-bond acceptors (Lipinski definition) is 6. The predicted octanol–water partition coefficient (Wildman–Crippen LogP) is 4.52. The maximum atomic E-state index is 13.6. The molecule has 0 atom stereocenters. The molecule has 0 radical (unpaired) electrons. The van der Waals surface area contributed by atoms with Crippen molar-refractivity contribution in [2.45, 2.75) is 42.9 Å². The zero-order valence-electron chi connectivity index (χ0n) is 23.0. The molecule has 0 aromatic heterocycles. The first-order valence-electron chi connectivity index (χ1n) is 13.3.